The number of carbonyl (C=O) groups excluding carboxylic acids is 1. The van der Waals surface area contributed by atoms with Crippen LogP contribution in [0.5, 0.6) is 0 Å². The Morgan fingerprint density at radius 3 is 2.87 bits per heavy atom. The van der Waals surface area contributed by atoms with E-state index >= 15 is 0 Å². The van der Waals surface area contributed by atoms with Crippen LogP contribution in [-0.2, 0) is 18.4 Å². The quantitative estimate of drug-likeness (QED) is 0.758. The third kappa shape index (κ3) is 3.55. The number of rotatable bonds is 6. The highest BCUT2D eigenvalue weighted by Gasteiger charge is 2.36. The van der Waals surface area contributed by atoms with Gasteiger partial charge in [-0.25, -0.2) is 4.68 Å². The van der Waals surface area contributed by atoms with E-state index < -0.39 is 0 Å². The van der Waals surface area contributed by atoms with Gasteiger partial charge in [-0.05, 0) is 36.1 Å². The maximum Gasteiger partial charge on any atom is 0.222 e. The summed E-state index contributed by atoms with van der Waals surface area (Å²) in [5.74, 6) is 0.867. The normalized spacial score (nSPS) is 21.7. The van der Waals surface area contributed by atoms with Crippen molar-refractivity contribution in [1.82, 2.24) is 35.3 Å². The molecule has 0 bridgehead atoms. The molecule has 3 rings (SSSR count). The number of carbonyl (C=O) groups is 1. The predicted octanol–water partition coefficient (Wildman–Crippen LogP) is -0.266. The van der Waals surface area contributed by atoms with Crippen molar-refractivity contribution in [3.05, 3.63) is 23.8 Å². The first kappa shape index (κ1) is 15.6. The van der Waals surface area contributed by atoms with Gasteiger partial charge < -0.3 is 10.4 Å². The van der Waals surface area contributed by atoms with Crippen LogP contribution in [0.1, 0.15) is 36.7 Å². The monoisotopic (exact) mass is 319 g/mol. The van der Waals surface area contributed by atoms with Crippen LogP contribution in [0, 0.1) is 12.8 Å². The van der Waals surface area contributed by atoms with Gasteiger partial charge >= 0.3 is 0 Å². The van der Waals surface area contributed by atoms with Gasteiger partial charge in [0, 0.05) is 25.2 Å². The lowest BCUT2D eigenvalue weighted by Gasteiger charge is -2.37. The van der Waals surface area contributed by atoms with E-state index in [0.29, 0.717) is 31.6 Å². The maximum absolute atomic E-state index is 12.3. The third-order valence-electron chi connectivity index (χ3n) is 4.28. The zero-order valence-electron chi connectivity index (χ0n) is 13.3. The van der Waals surface area contributed by atoms with Gasteiger partial charge in [0.25, 0.3) is 0 Å². The zero-order chi connectivity index (χ0) is 16.4. The molecule has 2 aromatic heterocycles. The summed E-state index contributed by atoms with van der Waals surface area (Å²) in [6.45, 7) is 2.24. The molecule has 1 saturated carbocycles. The number of tetrazole rings is 1. The molecule has 2 N–H and O–H groups in total. The number of aryl methyl sites for hydroxylation is 3. The van der Waals surface area contributed by atoms with Crippen LogP contribution in [0.15, 0.2) is 12.4 Å². The van der Waals surface area contributed by atoms with E-state index in [2.05, 4.69) is 25.9 Å². The van der Waals surface area contributed by atoms with Crippen LogP contribution in [0.3, 0.4) is 0 Å². The minimum absolute atomic E-state index is 0.0601. The molecule has 1 fully saturated rings. The number of aliphatic hydroxyl groups excluding tert-OH is 1. The van der Waals surface area contributed by atoms with Crippen LogP contribution in [0.4, 0.5) is 0 Å². The highest BCUT2D eigenvalue weighted by Crippen LogP contribution is 2.37. The van der Waals surface area contributed by atoms with Crippen molar-refractivity contribution >= 4 is 5.91 Å². The molecular formula is C14H21N7O2. The summed E-state index contributed by atoms with van der Waals surface area (Å²) in [5.41, 5.74) is 0.969. The molecule has 0 radical (unpaired) electrons. The molecule has 0 spiro atoms. The number of aromatic nitrogens is 6. The Bertz CT molecular complexity index is 674. The lowest BCUT2D eigenvalue weighted by molar-refractivity contribution is -0.123. The van der Waals surface area contributed by atoms with E-state index in [0.717, 1.165) is 5.56 Å². The van der Waals surface area contributed by atoms with Crippen molar-refractivity contribution in [3.63, 3.8) is 0 Å². The number of nitrogens with one attached hydrogen (secondary N) is 1. The summed E-state index contributed by atoms with van der Waals surface area (Å²) in [6.07, 6.45) is 5.11. The van der Waals surface area contributed by atoms with Crippen molar-refractivity contribution < 1.29 is 9.90 Å². The topological polar surface area (TPSA) is 111 Å². The molecule has 1 aliphatic rings. The average molecular weight is 319 g/mol. The van der Waals surface area contributed by atoms with Crippen molar-refractivity contribution in [2.24, 2.45) is 13.0 Å². The molecule has 1 aliphatic carbocycles. The second kappa shape index (κ2) is 6.45. The smallest absolute Gasteiger partial charge is 0.222 e. The Labute approximate surface area is 133 Å². The Morgan fingerprint density at radius 1 is 1.52 bits per heavy atom. The molecule has 0 aromatic carbocycles. The Morgan fingerprint density at radius 2 is 2.30 bits per heavy atom. The van der Waals surface area contributed by atoms with Crippen molar-refractivity contribution in [3.8, 4) is 0 Å². The molecule has 9 nitrogen and oxygen atoms in total. The van der Waals surface area contributed by atoms with Gasteiger partial charge in [-0.1, -0.05) is 0 Å². The fourth-order valence-corrected chi connectivity index (χ4v) is 2.89. The SMILES string of the molecule is Cc1nnnn1CCC(=O)N[C@H](c1cnn(C)c1)C1CC(O)C1. The van der Waals surface area contributed by atoms with Crippen LogP contribution in [0.2, 0.25) is 0 Å². The lowest BCUT2D eigenvalue weighted by Crippen LogP contribution is -2.41. The van der Waals surface area contributed by atoms with E-state index in [9.17, 15) is 9.90 Å². The van der Waals surface area contributed by atoms with Gasteiger partial charge in [-0.15, -0.1) is 5.10 Å². The van der Waals surface area contributed by atoms with E-state index in [1.807, 2.05) is 13.2 Å². The van der Waals surface area contributed by atoms with Crippen molar-refractivity contribution in [2.75, 3.05) is 0 Å². The number of hydrogen-bond donors (Lipinski definition) is 2. The Balaban J connectivity index is 1.61. The number of hydrogen-bond acceptors (Lipinski definition) is 6. The molecule has 1 atom stereocenters. The van der Waals surface area contributed by atoms with Gasteiger partial charge in [0.2, 0.25) is 5.91 Å². The fourth-order valence-electron chi connectivity index (χ4n) is 2.89. The summed E-state index contributed by atoms with van der Waals surface area (Å²) < 4.78 is 3.32. The number of nitrogens with zero attached hydrogens (tertiary/aromatic N) is 6. The molecule has 23 heavy (non-hydrogen) atoms. The maximum atomic E-state index is 12.3. The molecule has 0 unspecified atom stereocenters. The molecule has 9 heteroatoms. The molecule has 0 saturated heterocycles. The zero-order valence-corrected chi connectivity index (χ0v) is 13.3. The largest absolute Gasteiger partial charge is 0.393 e. The van der Waals surface area contributed by atoms with Crippen LogP contribution in [0.25, 0.3) is 0 Å². The van der Waals surface area contributed by atoms with Gasteiger partial charge in [-0.2, -0.15) is 5.10 Å². The molecule has 2 heterocycles. The highest BCUT2D eigenvalue weighted by atomic mass is 16.3. The van der Waals surface area contributed by atoms with Crippen molar-refractivity contribution in [1.29, 1.82) is 0 Å². The van der Waals surface area contributed by atoms with E-state index in [4.69, 9.17) is 0 Å². The third-order valence-corrected chi connectivity index (χ3v) is 4.28. The molecule has 1 amide bonds. The van der Waals surface area contributed by atoms with E-state index in [1.54, 1.807) is 22.5 Å². The summed E-state index contributed by atoms with van der Waals surface area (Å²) in [4.78, 5) is 12.3. The number of aliphatic hydroxyl groups is 1. The average Bonchev–Trinajstić information content (AvgIpc) is 3.08. The van der Waals surface area contributed by atoms with Crippen molar-refractivity contribution in [2.45, 2.75) is 44.9 Å². The number of amides is 1. The summed E-state index contributed by atoms with van der Waals surface area (Å²) in [7, 11) is 1.85. The van der Waals surface area contributed by atoms with E-state index in [1.165, 1.54) is 0 Å². The second-order valence-electron chi connectivity index (χ2n) is 6.08. The Hall–Kier alpha value is -2.29. The van der Waals surface area contributed by atoms with Crippen LogP contribution < -0.4 is 5.32 Å². The predicted molar refractivity (Wildman–Crippen MR) is 80.0 cm³/mol. The second-order valence-corrected chi connectivity index (χ2v) is 6.08. The van der Waals surface area contributed by atoms with Crippen LogP contribution in [-0.4, -0.2) is 47.1 Å². The van der Waals surface area contributed by atoms with Gasteiger partial charge in [0.05, 0.1) is 24.9 Å². The first-order valence-electron chi connectivity index (χ1n) is 7.71. The van der Waals surface area contributed by atoms with Crippen LogP contribution >= 0.6 is 0 Å². The minimum Gasteiger partial charge on any atom is -0.393 e. The lowest BCUT2D eigenvalue weighted by atomic mass is 9.75. The molecular weight excluding hydrogens is 298 g/mol. The standard InChI is InChI=1S/C14H21N7O2/c1-9-17-18-19-21(9)4-3-13(23)16-14(10-5-12(22)6-10)11-7-15-20(2)8-11/h7-8,10,12,14,22H,3-6H2,1-2H3,(H,16,23)/t10?,12?,14-/m0/s1. The van der Waals surface area contributed by atoms with E-state index in [-0.39, 0.29) is 24.0 Å². The summed E-state index contributed by atoms with van der Waals surface area (Å²) in [6, 6.07) is -0.116. The molecule has 124 valence electrons. The first-order chi connectivity index (χ1) is 11.0. The summed E-state index contributed by atoms with van der Waals surface area (Å²) >= 11 is 0. The molecule has 0 aliphatic heterocycles. The van der Waals surface area contributed by atoms with Gasteiger partial charge in [0.1, 0.15) is 5.82 Å². The fraction of sp³-hybridized carbons (Fsp3) is 0.643. The summed E-state index contributed by atoms with van der Waals surface area (Å²) in [5, 5.41) is 28.0. The van der Waals surface area contributed by atoms with Gasteiger partial charge in [0.15, 0.2) is 0 Å². The van der Waals surface area contributed by atoms with Gasteiger partial charge in [-0.3, -0.25) is 9.48 Å². The first-order valence-corrected chi connectivity index (χ1v) is 7.71. The highest BCUT2D eigenvalue weighted by molar-refractivity contribution is 5.76. The minimum atomic E-state index is -0.264. The molecule has 2 aromatic rings. The Kier molecular flexibility index (Phi) is 4.37.